The fourth-order valence-corrected chi connectivity index (χ4v) is 12.4. The van der Waals surface area contributed by atoms with Crippen LogP contribution >= 0.6 is 0 Å². The number of ether oxygens (including phenoxy) is 3. The molecule has 1 aromatic carbocycles. The summed E-state index contributed by atoms with van der Waals surface area (Å²) in [6.45, 7) is 13.9. The van der Waals surface area contributed by atoms with Crippen LogP contribution in [0.5, 0.6) is 5.75 Å². The summed E-state index contributed by atoms with van der Waals surface area (Å²) in [6, 6.07) is 9.33. The van der Waals surface area contributed by atoms with Crippen LogP contribution in [-0.2, 0) is 23.9 Å². The van der Waals surface area contributed by atoms with E-state index < -0.39 is 18.0 Å². The number of amides is 2. The number of fused-ring (bicyclic) bond motifs is 5. The number of nitrogens with one attached hydrogen (secondary N) is 1. The van der Waals surface area contributed by atoms with Crippen LogP contribution in [0.4, 0.5) is 4.79 Å². The summed E-state index contributed by atoms with van der Waals surface area (Å²) < 4.78 is 17.6. The van der Waals surface area contributed by atoms with Crippen molar-refractivity contribution in [1.82, 2.24) is 10.2 Å². The summed E-state index contributed by atoms with van der Waals surface area (Å²) in [4.78, 5) is 51.1. The number of likely N-dealkylation sites (tertiary alicyclic amines) is 1. The third kappa shape index (κ3) is 11.2. The van der Waals surface area contributed by atoms with Gasteiger partial charge < -0.3 is 29.5 Å². The zero-order valence-electron chi connectivity index (χ0n) is 36.8. The number of benzene rings is 1. The number of esters is 1. The first kappa shape index (κ1) is 45.0. The number of rotatable bonds is 19. The van der Waals surface area contributed by atoms with Crippen LogP contribution in [0, 0.1) is 52.3 Å². The van der Waals surface area contributed by atoms with Crippen molar-refractivity contribution < 1.29 is 38.5 Å². The maximum absolute atomic E-state index is 13.2. The summed E-state index contributed by atoms with van der Waals surface area (Å²) >= 11 is 0. The first-order valence-corrected chi connectivity index (χ1v) is 23.3. The molecule has 4 aliphatic carbocycles. The van der Waals surface area contributed by atoms with E-state index in [4.69, 9.17) is 19.3 Å². The molecule has 10 atom stereocenters. The number of allylic oxidation sites excluding steroid dienone is 1. The lowest BCUT2D eigenvalue weighted by Crippen LogP contribution is -2.51. The molecule has 2 amide bonds. The van der Waals surface area contributed by atoms with E-state index in [0.29, 0.717) is 37.1 Å². The summed E-state index contributed by atoms with van der Waals surface area (Å²) in [5.41, 5.74) is 2.24. The molecule has 1 aliphatic heterocycles. The minimum atomic E-state index is -1.06. The monoisotopic (exact) mass is 819 g/mol. The first-order chi connectivity index (χ1) is 28.3. The molecule has 328 valence electrons. The Labute approximate surface area is 353 Å². The molecule has 0 spiro atoms. The van der Waals surface area contributed by atoms with Gasteiger partial charge in [0.05, 0.1) is 26.0 Å². The smallest absolute Gasteiger partial charge is 0.407 e. The Balaban J connectivity index is 0.894. The molecule has 0 radical (unpaired) electrons. The lowest BCUT2D eigenvalue weighted by atomic mass is 9.47. The number of carbonyl (C=O) groups is 4. The van der Waals surface area contributed by atoms with Crippen molar-refractivity contribution >= 4 is 23.9 Å². The lowest BCUT2D eigenvalue weighted by Gasteiger charge is -2.58. The summed E-state index contributed by atoms with van der Waals surface area (Å²) in [7, 11) is 0. The Bertz CT molecular complexity index is 1610. The van der Waals surface area contributed by atoms with E-state index in [1.165, 1.54) is 56.9 Å². The zero-order valence-corrected chi connectivity index (χ0v) is 36.8. The van der Waals surface area contributed by atoms with E-state index in [-0.39, 0.29) is 55.4 Å². The van der Waals surface area contributed by atoms with Gasteiger partial charge in [-0.25, -0.2) is 4.79 Å². The lowest BCUT2D eigenvalue weighted by molar-refractivity contribution is -0.153. The highest BCUT2D eigenvalue weighted by atomic mass is 16.6. The number of alkyl carbamates (subject to hydrolysis) is 1. The van der Waals surface area contributed by atoms with Crippen molar-refractivity contribution in [3.8, 4) is 5.75 Å². The number of carbonyl (C=O) groups excluding carboxylic acids is 3. The summed E-state index contributed by atoms with van der Waals surface area (Å²) in [5.74, 6) is 3.65. The van der Waals surface area contributed by atoms with E-state index in [9.17, 15) is 19.2 Å². The van der Waals surface area contributed by atoms with Gasteiger partial charge >= 0.3 is 18.0 Å². The molecule has 5 aliphatic rings. The van der Waals surface area contributed by atoms with Gasteiger partial charge in [0.2, 0.25) is 5.91 Å². The zero-order chi connectivity index (χ0) is 42.2. The van der Waals surface area contributed by atoms with Gasteiger partial charge in [-0.2, -0.15) is 0 Å². The highest BCUT2D eigenvalue weighted by Gasteiger charge is 2.59. The molecule has 1 heterocycles. The summed E-state index contributed by atoms with van der Waals surface area (Å²) in [5, 5.41) is 11.9. The van der Waals surface area contributed by atoms with Crippen molar-refractivity contribution in [3.05, 3.63) is 42.0 Å². The van der Waals surface area contributed by atoms with Crippen LogP contribution in [0.25, 0.3) is 0 Å². The van der Waals surface area contributed by atoms with Gasteiger partial charge in [0.1, 0.15) is 18.0 Å². The third-order valence-electron chi connectivity index (χ3n) is 15.6. The number of hydrogen-bond donors (Lipinski definition) is 2. The molecule has 3 saturated carbocycles. The molecule has 1 aromatic rings. The van der Waals surface area contributed by atoms with Crippen molar-refractivity contribution in [1.29, 1.82) is 0 Å². The minimum absolute atomic E-state index is 0.0180. The molecule has 4 fully saturated rings. The largest absolute Gasteiger partial charge is 0.493 e. The molecule has 0 aromatic heterocycles. The maximum Gasteiger partial charge on any atom is 0.407 e. The van der Waals surface area contributed by atoms with Crippen LogP contribution in [0.2, 0.25) is 0 Å². The molecule has 10 heteroatoms. The number of hydrogen-bond acceptors (Lipinski definition) is 7. The van der Waals surface area contributed by atoms with Crippen LogP contribution in [0.1, 0.15) is 144 Å². The van der Waals surface area contributed by atoms with Crippen molar-refractivity contribution in [2.24, 2.45) is 52.3 Å². The fraction of sp³-hybridized carbons (Fsp3) is 0.755. The van der Waals surface area contributed by atoms with Crippen LogP contribution in [0.3, 0.4) is 0 Å². The molecule has 7 unspecified atom stereocenters. The Morgan fingerprint density at radius 1 is 0.864 bits per heavy atom. The second kappa shape index (κ2) is 20.3. The predicted molar refractivity (Wildman–Crippen MR) is 229 cm³/mol. The predicted octanol–water partition coefficient (Wildman–Crippen LogP) is 10.00. The fourth-order valence-electron chi connectivity index (χ4n) is 12.4. The SMILES string of the molecule is CC(C)CCCC(C)[C@H]1CCC2C3CC=C4CC(OC(=O)NCCCCCC(=O)N5CC(COc6ccccc6)C(OC(=O)CCC(=O)O)C5)CC[C@]4(C)C3CC[C@@]21C. The topological polar surface area (TPSA) is 131 Å². The Morgan fingerprint density at radius 3 is 2.42 bits per heavy atom. The van der Waals surface area contributed by atoms with E-state index >= 15 is 0 Å². The highest BCUT2D eigenvalue weighted by molar-refractivity contribution is 5.78. The van der Waals surface area contributed by atoms with Gasteiger partial charge in [0.15, 0.2) is 0 Å². The highest BCUT2D eigenvalue weighted by Crippen LogP contribution is 2.67. The molecular formula is C49H74N2O8. The van der Waals surface area contributed by atoms with Crippen molar-refractivity contribution in [2.45, 2.75) is 156 Å². The number of carboxylic acids is 1. The van der Waals surface area contributed by atoms with Crippen LogP contribution in [-0.4, -0.2) is 72.4 Å². The average Bonchev–Trinajstić information content (AvgIpc) is 3.78. The van der Waals surface area contributed by atoms with Crippen LogP contribution in [0.15, 0.2) is 42.0 Å². The van der Waals surface area contributed by atoms with Gasteiger partial charge in [0.25, 0.3) is 0 Å². The van der Waals surface area contributed by atoms with Gasteiger partial charge in [-0.05, 0) is 116 Å². The van der Waals surface area contributed by atoms with E-state index in [0.717, 1.165) is 67.6 Å². The molecule has 2 N–H and O–H groups in total. The van der Waals surface area contributed by atoms with E-state index in [1.807, 2.05) is 30.3 Å². The summed E-state index contributed by atoms with van der Waals surface area (Å²) in [6.07, 6.45) is 17.3. The normalized spacial score (nSPS) is 31.7. The van der Waals surface area contributed by atoms with E-state index in [1.54, 1.807) is 4.90 Å². The maximum atomic E-state index is 13.2. The molecular weight excluding hydrogens is 745 g/mol. The van der Waals surface area contributed by atoms with E-state index in [2.05, 4.69) is 46.0 Å². The Kier molecular flexibility index (Phi) is 15.5. The Hall–Kier alpha value is -3.56. The van der Waals surface area contributed by atoms with Gasteiger partial charge in [0, 0.05) is 31.8 Å². The number of para-hydroxylation sites is 1. The standard InChI is InChI=1S/C49H74N2O8/c1-33(2)13-12-14-34(3)40-20-21-41-39-19-18-36-29-38(24-26-48(36,4)42(39)25-27-49(40,41)5)58-47(56)50-28-11-7-10-17-44(52)51-30-35(32-57-37-15-8-6-9-16-37)43(31-51)59-46(55)23-22-45(53)54/h6,8-9,15-16,18,33-35,38-43H,7,10-14,17,19-32H2,1-5H3,(H,50,56)(H,53,54)/t34?,35?,38?,39?,40-,41?,42?,43?,48+,49-/m1/s1. The number of carboxylic acid groups (broad SMARTS) is 1. The first-order valence-electron chi connectivity index (χ1n) is 23.3. The Morgan fingerprint density at radius 2 is 1.66 bits per heavy atom. The van der Waals surface area contributed by atoms with Crippen LogP contribution < -0.4 is 10.1 Å². The van der Waals surface area contributed by atoms with Crippen molar-refractivity contribution in [2.75, 3.05) is 26.2 Å². The van der Waals surface area contributed by atoms with Gasteiger partial charge in [-0.3, -0.25) is 14.4 Å². The molecule has 59 heavy (non-hydrogen) atoms. The molecule has 6 rings (SSSR count). The second-order valence-electron chi connectivity index (χ2n) is 19.9. The molecule has 0 bridgehead atoms. The quantitative estimate of drug-likeness (QED) is 0.0802. The molecule has 10 nitrogen and oxygen atoms in total. The second-order valence-corrected chi connectivity index (χ2v) is 19.9. The number of aliphatic carboxylic acids is 1. The number of nitrogens with zero attached hydrogens (tertiary/aromatic N) is 1. The average molecular weight is 819 g/mol. The number of unbranched alkanes of at least 4 members (excludes halogenated alkanes) is 2. The third-order valence-corrected chi connectivity index (χ3v) is 15.6. The van der Waals surface area contributed by atoms with Gasteiger partial charge in [-0.15, -0.1) is 0 Å². The minimum Gasteiger partial charge on any atom is -0.493 e. The molecule has 1 saturated heterocycles. The van der Waals surface area contributed by atoms with Crippen molar-refractivity contribution in [3.63, 3.8) is 0 Å². The van der Waals surface area contributed by atoms with Gasteiger partial charge in [-0.1, -0.05) is 90.2 Å².